The quantitative estimate of drug-likeness (QED) is 0.385. The molecule has 1 aromatic heterocycles. The predicted octanol–water partition coefficient (Wildman–Crippen LogP) is 4.29. The van der Waals surface area contributed by atoms with E-state index in [1.807, 2.05) is 0 Å². The third-order valence-electron chi connectivity index (χ3n) is 3.36. The molecule has 5 nitrogen and oxygen atoms in total. The molecule has 0 aliphatic heterocycles. The van der Waals surface area contributed by atoms with Gasteiger partial charge in [-0.2, -0.15) is 0 Å². The second-order valence-electron chi connectivity index (χ2n) is 5.18. The summed E-state index contributed by atoms with van der Waals surface area (Å²) >= 11 is 0. The fourth-order valence-corrected chi connectivity index (χ4v) is 2.21. The molecule has 0 spiro atoms. The summed E-state index contributed by atoms with van der Waals surface area (Å²) in [7, 11) is 0. The lowest BCUT2D eigenvalue weighted by molar-refractivity contribution is -0.137. The van der Waals surface area contributed by atoms with Crippen molar-refractivity contribution in [2.45, 2.75) is 53.4 Å². The molecule has 0 saturated heterocycles. The molecule has 0 N–H and O–H groups in total. The van der Waals surface area contributed by atoms with Crippen molar-refractivity contribution in [3.8, 4) is 0 Å². The van der Waals surface area contributed by atoms with Gasteiger partial charge in [0.15, 0.2) is 0 Å². The van der Waals surface area contributed by atoms with Crippen molar-refractivity contribution in [3.63, 3.8) is 0 Å². The van der Waals surface area contributed by atoms with Gasteiger partial charge in [0, 0.05) is 11.6 Å². The standard InChI is InChI=1S/C18H26O5/c1-5-8-9-10-14(11-17(19)21-6-2)16-12-15(13(4)23-16)18(20)22-7-3/h11-12H,5-10H2,1-4H3/b14-11-. The Labute approximate surface area is 137 Å². The molecule has 23 heavy (non-hydrogen) atoms. The van der Waals surface area contributed by atoms with Gasteiger partial charge in [-0.3, -0.25) is 0 Å². The van der Waals surface area contributed by atoms with E-state index in [0.717, 1.165) is 24.8 Å². The topological polar surface area (TPSA) is 65.7 Å². The molecule has 0 fully saturated rings. The highest BCUT2D eigenvalue weighted by molar-refractivity contribution is 5.94. The van der Waals surface area contributed by atoms with Crippen LogP contribution in [0.2, 0.25) is 0 Å². The molecule has 5 heteroatoms. The first-order valence-corrected chi connectivity index (χ1v) is 8.18. The van der Waals surface area contributed by atoms with Crippen LogP contribution < -0.4 is 0 Å². The number of hydrogen-bond donors (Lipinski definition) is 0. The van der Waals surface area contributed by atoms with Gasteiger partial charge in [-0.05, 0) is 39.7 Å². The van der Waals surface area contributed by atoms with Crippen molar-refractivity contribution in [2.75, 3.05) is 13.2 Å². The van der Waals surface area contributed by atoms with Crippen LogP contribution in [0, 0.1) is 6.92 Å². The first kappa shape index (κ1) is 19.0. The molecule has 1 aromatic rings. The van der Waals surface area contributed by atoms with Crippen LogP contribution >= 0.6 is 0 Å². The highest BCUT2D eigenvalue weighted by Crippen LogP contribution is 2.26. The first-order valence-electron chi connectivity index (χ1n) is 8.18. The highest BCUT2D eigenvalue weighted by atomic mass is 16.5. The van der Waals surface area contributed by atoms with Gasteiger partial charge in [-0.25, -0.2) is 9.59 Å². The van der Waals surface area contributed by atoms with E-state index >= 15 is 0 Å². The number of esters is 2. The smallest absolute Gasteiger partial charge is 0.341 e. The maximum atomic E-state index is 11.9. The summed E-state index contributed by atoms with van der Waals surface area (Å²) in [6.45, 7) is 7.97. The number of carbonyl (C=O) groups excluding carboxylic acids is 2. The zero-order chi connectivity index (χ0) is 17.2. The molecule has 128 valence electrons. The van der Waals surface area contributed by atoms with Crippen molar-refractivity contribution in [1.29, 1.82) is 0 Å². The lowest BCUT2D eigenvalue weighted by Crippen LogP contribution is -2.04. The molecule has 0 atom stereocenters. The van der Waals surface area contributed by atoms with Crippen molar-refractivity contribution in [3.05, 3.63) is 29.2 Å². The monoisotopic (exact) mass is 322 g/mol. The summed E-state index contributed by atoms with van der Waals surface area (Å²) in [5.74, 6) is 0.202. The van der Waals surface area contributed by atoms with E-state index < -0.39 is 11.9 Å². The summed E-state index contributed by atoms with van der Waals surface area (Å²) in [6, 6.07) is 1.64. The third-order valence-corrected chi connectivity index (χ3v) is 3.36. The number of furan rings is 1. The minimum Gasteiger partial charge on any atom is -0.463 e. The predicted molar refractivity (Wildman–Crippen MR) is 88.2 cm³/mol. The van der Waals surface area contributed by atoms with Gasteiger partial charge in [0.25, 0.3) is 0 Å². The number of carbonyl (C=O) groups is 2. The molecule has 0 amide bonds. The van der Waals surface area contributed by atoms with Crippen LogP contribution in [0.15, 0.2) is 16.6 Å². The largest absolute Gasteiger partial charge is 0.463 e. The summed E-state index contributed by atoms with van der Waals surface area (Å²) in [4.78, 5) is 23.6. The summed E-state index contributed by atoms with van der Waals surface area (Å²) in [6.07, 6.45) is 5.23. The summed E-state index contributed by atoms with van der Waals surface area (Å²) < 4.78 is 15.7. The molecule has 1 heterocycles. The van der Waals surface area contributed by atoms with Crippen LogP contribution in [0.1, 0.15) is 68.3 Å². The van der Waals surface area contributed by atoms with E-state index in [2.05, 4.69) is 6.92 Å². The number of allylic oxidation sites excluding steroid dienone is 1. The Hall–Kier alpha value is -2.04. The van der Waals surface area contributed by atoms with Crippen LogP contribution in [0.3, 0.4) is 0 Å². The normalized spacial score (nSPS) is 11.4. The molecule has 1 rings (SSSR count). The first-order chi connectivity index (χ1) is 11.0. The number of hydrogen-bond acceptors (Lipinski definition) is 5. The van der Waals surface area contributed by atoms with Gasteiger partial charge in [0.2, 0.25) is 0 Å². The summed E-state index contributed by atoms with van der Waals surface area (Å²) in [5, 5.41) is 0. The minimum absolute atomic E-state index is 0.306. The van der Waals surface area contributed by atoms with E-state index in [1.54, 1.807) is 26.8 Å². The second kappa shape index (κ2) is 9.87. The van der Waals surface area contributed by atoms with Crippen LogP contribution in [-0.4, -0.2) is 25.2 Å². The second-order valence-corrected chi connectivity index (χ2v) is 5.18. The number of rotatable bonds is 9. The zero-order valence-corrected chi connectivity index (χ0v) is 14.4. The van der Waals surface area contributed by atoms with E-state index in [-0.39, 0.29) is 0 Å². The van der Waals surface area contributed by atoms with Crippen LogP contribution in [-0.2, 0) is 14.3 Å². The Kier molecular flexibility index (Phi) is 8.16. The Bertz CT molecular complexity index is 554. The maximum absolute atomic E-state index is 11.9. The van der Waals surface area contributed by atoms with Gasteiger partial charge in [-0.1, -0.05) is 19.8 Å². The third kappa shape index (κ3) is 5.93. The van der Waals surface area contributed by atoms with E-state index in [9.17, 15) is 9.59 Å². The van der Waals surface area contributed by atoms with Gasteiger partial charge in [-0.15, -0.1) is 0 Å². The van der Waals surface area contributed by atoms with E-state index in [4.69, 9.17) is 13.9 Å². The average Bonchev–Trinajstić information content (AvgIpc) is 2.89. The van der Waals surface area contributed by atoms with Gasteiger partial charge >= 0.3 is 11.9 Å². The lowest BCUT2D eigenvalue weighted by Gasteiger charge is -2.04. The Morgan fingerprint density at radius 2 is 1.83 bits per heavy atom. The molecular weight excluding hydrogens is 296 g/mol. The number of aryl methyl sites for hydroxylation is 1. The van der Waals surface area contributed by atoms with Crippen LogP contribution in [0.25, 0.3) is 5.57 Å². The van der Waals surface area contributed by atoms with E-state index in [1.165, 1.54) is 6.08 Å². The fourth-order valence-electron chi connectivity index (χ4n) is 2.21. The van der Waals surface area contributed by atoms with Gasteiger partial charge < -0.3 is 13.9 Å². The molecule has 0 aliphatic carbocycles. The van der Waals surface area contributed by atoms with Crippen molar-refractivity contribution >= 4 is 17.5 Å². The molecule has 0 saturated carbocycles. The van der Waals surface area contributed by atoms with E-state index in [0.29, 0.717) is 36.7 Å². The Morgan fingerprint density at radius 3 is 2.43 bits per heavy atom. The van der Waals surface area contributed by atoms with Crippen LogP contribution in [0.4, 0.5) is 0 Å². The minimum atomic E-state index is -0.413. The fraction of sp³-hybridized carbons (Fsp3) is 0.556. The highest BCUT2D eigenvalue weighted by Gasteiger charge is 2.18. The molecular formula is C18H26O5. The maximum Gasteiger partial charge on any atom is 0.341 e. The molecule has 0 unspecified atom stereocenters. The lowest BCUT2D eigenvalue weighted by atomic mass is 10.0. The van der Waals surface area contributed by atoms with Crippen LogP contribution in [0.5, 0.6) is 0 Å². The number of ether oxygens (including phenoxy) is 2. The zero-order valence-electron chi connectivity index (χ0n) is 14.4. The SMILES string of the molecule is CCCCC/C(=C/C(=O)OCC)c1cc(C(=O)OCC)c(C)o1. The number of unbranched alkanes of at least 4 members (excludes halogenated alkanes) is 2. The Balaban J connectivity index is 3.03. The van der Waals surface area contributed by atoms with Gasteiger partial charge in [0.05, 0.1) is 13.2 Å². The van der Waals surface area contributed by atoms with Gasteiger partial charge in [0.1, 0.15) is 17.1 Å². The molecule has 0 radical (unpaired) electrons. The molecule has 0 aliphatic rings. The van der Waals surface area contributed by atoms with Crippen molar-refractivity contribution < 1.29 is 23.5 Å². The van der Waals surface area contributed by atoms with Crippen molar-refractivity contribution in [1.82, 2.24) is 0 Å². The Morgan fingerprint density at radius 1 is 1.13 bits per heavy atom. The van der Waals surface area contributed by atoms with Crippen molar-refractivity contribution in [2.24, 2.45) is 0 Å². The molecule has 0 aromatic carbocycles. The molecule has 0 bridgehead atoms. The average molecular weight is 322 g/mol. The summed E-state index contributed by atoms with van der Waals surface area (Å²) in [5.41, 5.74) is 1.14.